The maximum Gasteiger partial charge on any atom is 0.416 e. The largest absolute Gasteiger partial charge is 0.416 e. The van der Waals surface area contributed by atoms with Gasteiger partial charge in [-0.2, -0.15) is 13.2 Å². The van der Waals surface area contributed by atoms with Crippen LogP contribution in [-0.4, -0.2) is 52.9 Å². The summed E-state index contributed by atoms with van der Waals surface area (Å²) in [6, 6.07) is 5.86. The summed E-state index contributed by atoms with van der Waals surface area (Å²) in [7, 11) is 0. The van der Waals surface area contributed by atoms with Crippen molar-refractivity contribution in [3.05, 3.63) is 52.9 Å². The van der Waals surface area contributed by atoms with Crippen LogP contribution < -0.4 is 0 Å². The van der Waals surface area contributed by atoms with Gasteiger partial charge in [0.25, 0.3) is 11.8 Å². The minimum Gasteiger partial charge on any atom is -0.351 e. The zero-order valence-corrected chi connectivity index (χ0v) is 13.9. The molecule has 1 aromatic heterocycles. The monoisotopic (exact) mass is 367 g/mol. The van der Waals surface area contributed by atoms with Gasteiger partial charge in [-0.1, -0.05) is 11.2 Å². The molecule has 1 aliphatic rings. The molecule has 0 bridgehead atoms. The maximum atomic E-state index is 12.8. The molecule has 0 unspecified atom stereocenters. The lowest BCUT2D eigenvalue weighted by molar-refractivity contribution is -0.137. The molecule has 9 heteroatoms. The quantitative estimate of drug-likeness (QED) is 0.818. The molecule has 0 radical (unpaired) electrons. The van der Waals surface area contributed by atoms with Crippen molar-refractivity contribution < 1.29 is 27.3 Å². The topological polar surface area (TPSA) is 66.7 Å². The van der Waals surface area contributed by atoms with Crippen LogP contribution in [0, 0.1) is 6.92 Å². The van der Waals surface area contributed by atoms with Gasteiger partial charge >= 0.3 is 6.18 Å². The molecule has 1 saturated heterocycles. The Bertz CT molecular complexity index is 824. The Morgan fingerprint density at radius 3 is 2.19 bits per heavy atom. The standard InChI is InChI=1S/C17H16F3N3O3/c1-11-9-14(26-21-11)16(25)23-7-5-22(6-8-23)15(24)12-3-2-4-13(10-12)17(18,19)20/h2-4,9-10H,5-8H2,1H3. The van der Waals surface area contributed by atoms with E-state index < -0.39 is 17.6 Å². The van der Waals surface area contributed by atoms with E-state index >= 15 is 0 Å². The van der Waals surface area contributed by atoms with Gasteiger partial charge in [0.05, 0.1) is 11.3 Å². The highest BCUT2D eigenvalue weighted by Crippen LogP contribution is 2.29. The lowest BCUT2D eigenvalue weighted by Crippen LogP contribution is -2.50. The summed E-state index contributed by atoms with van der Waals surface area (Å²) >= 11 is 0. The van der Waals surface area contributed by atoms with Crippen LogP contribution in [0.4, 0.5) is 13.2 Å². The third-order valence-corrected chi connectivity index (χ3v) is 4.13. The van der Waals surface area contributed by atoms with Gasteiger partial charge in [0.1, 0.15) is 0 Å². The van der Waals surface area contributed by atoms with Crippen molar-refractivity contribution in [2.75, 3.05) is 26.2 Å². The molecule has 2 heterocycles. The SMILES string of the molecule is Cc1cc(C(=O)N2CCN(C(=O)c3cccc(C(F)(F)F)c3)CC2)on1. The number of benzene rings is 1. The second-order valence-corrected chi connectivity index (χ2v) is 6.00. The van der Waals surface area contributed by atoms with E-state index in [-0.39, 0.29) is 43.4 Å². The molecule has 2 aromatic rings. The molecule has 1 aromatic carbocycles. The number of alkyl halides is 3. The highest BCUT2D eigenvalue weighted by molar-refractivity contribution is 5.95. The van der Waals surface area contributed by atoms with E-state index in [0.717, 1.165) is 12.1 Å². The number of amides is 2. The summed E-state index contributed by atoms with van der Waals surface area (Å²) in [5.74, 6) is -0.685. The normalized spacial score (nSPS) is 15.2. The molecule has 3 rings (SSSR count). The Kier molecular flexibility index (Phi) is 4.71. The first-order valence-corrected chi connectivity index (χ1v) is 7.95. The van der Waals surface area contributed by atoms with Gasteiger partial charge in [-0.25, -0.2) is 0 Å². The molecule has 0 atom stereocenters. The number of halogens is 3. The minimum atomic E-state index is -4.50. The van der Waals surface area contributed by atoms with E-state index in [1.807, 2.05) is 0 Å². The predicted molar refractivity (Wildman–Crippen MR) is 84.5 cm³/mol. The van der Waals surface area contributed by atoms with E-state index in [0.29, 0.717) is 5.69 Å². The maximum absolute atomic E-state index is 12.8. The summed E-state index contributed by atoms with van der Waals surface area (Å²) in [6.45, 7) is 2.69. The van der Waals surface area contributed by atoms with Crippen molar-refractivity contribution >= 4 is 11.8 Å². The zero-order valence-electron chi connectivity index (χ0n) is 13.9. The van der Waals surface area contributed by atoms with Gasteiger partial charge in [0.2, 0.25) is 5.76 Å². The zero-order chi connectivity index (χ0) is 18.9. The highest BCUT2D eigenvalue weighted by Gasteiger charge is 2.32. The second-order valence-electron chi connectivity index (χ2n) is 6.00. The smallest absolute Gasteiger partial charge is 0.351 e. The summed E-state index contributed by atoms with van der Waals surface area (Å²) in [5.41, 5.74) is -0.296. The Balaban J connectivity index is 1.64. The van der Waals surface area contributed by atoms with E-state index in [1.54, 1.807) is 6.92 Å². The minimum absolute atomic E-state index is 0.0227. The first kappa shape index (κ1) is 18.0. The van der Waals surface area contributed by atoms with Gasteiger partial charge in [0.15, 0.2) is 0 Å². The first-order chi connectivity index (χ1) is 12.3. The summed E-state index contributed by atoms with van der Waals surface area (Å²) in [6.07, 6.45) is -4.50. The van der Waals surface area contributed by atoms with Crippen molar-refractivity contribution in [3.63, 3.8) is 0 Å². The Morgan fingerprint density at radius 1 is 1.04 bits per heavy atom. The lowest BCUT2D eigenvalue weighted by Gasteiger charge is -2.34. The molecule has 1 fully saturated rings. The van der Waals surface area contributed by atoms with Gasteiger partial charge in [-0.05, 0) is 25.1 Å². The van der Waals surface area contributed by atoms with Crippen molar-refractivity contribution in [3.8, 4) is 0 Å². The molecular formula is C17H16F3N3O3. The van der Waals surface area contributed by atoms with Gasteiger partial charge in [-0.15, -0.1) is 0 Å². The van der Waals surface area contributed by atoms with Crippen molar-refractivity contribution in [1.82, 2.24) is 15.0 Å². The van der Waals surface area contributed by atoms with Crippen LogP contribution in [0.3, 0.4) is 0 Å². The predicted octanol–water partition coefficient (Wildman–Crippen LogP) is 2.60. The average Bonchev–Trinajstić information content (AvgIpc) is 3.06. The third-order valence-electron chi connectivity index (χ3n) is 4.13. The van der Waals surface area contributed by atoms with E-state index in [1.165, 1.54) is 28.0 Å². The van der Waals surface area contributed by atoms with Crippen LogP contribution in [0.5, 0.6) is 0 Å². The number of aromatic nitrogens is 1. The Hall–Kier alpha value is -2.84. The number of aryl methyl sites for hydroxylation is 1. The van der Waals surface area contributed by atoms with Crippen LogP contribution in [-0.2, 0) is 6.18 Å². The van der Waals surface area contributed by atoms with Crippen LogP contribution in [0.2, 0.25) is 0 Å². The molecule has 2 amide bonds. The third kappa shape index (κ3) is 3.71. The number of carbonyl (C=O) groups is 2. The molecule has 138 valence electrons. The molecule has 0 aliphatic carbocycles. The molecule has 0 saturated carbocycles. The number of carbonyl (C=O) groups excluding carboxylic acids is 2. The van der Waals surface area contributed by atoms with E-state index in [2.05, 4.69) is 5.16 Å². The van der Waals surface area contributed by atoms with Crippen LogP contribution in [0.25, 0.3) is 0 Å². The van der Waals surface area contributed by atoms with E-state index in [9.17, 15) is 22.8 Å². The molecule has 0 spiro atoms. The van der Waals surface area contributed by atoms with Crippen LogP contribution in [0.1, 0.15) is 32.2 Å². The Labute approximate surface area is 147 Å². The van der Waals surface area contributed by atoms with Gasteiger partial charge < -0.3 is 14.3 Å². The van der Waals surface area contributed by atoms with Crippen LogP contribution in [0.15, 0.2) is 34.9 Å². The first-order valence-electron chi connectivity index (χ1n) is 7.95. The van der Waals surface area contributed by atoms with Crippen LogP contribution >= 0.6 is 0 Å². The van der Waals surface area contributed by atoms with Crippen molar-refractivity contribution in [2.45, 2.75) is 13.1 Å². The number of hydrogen-bond donors (Lipinski definition) is 0. The fourth-order valence-corrected chi connectivity index (χ4v) is 2.74. The molecule has 6 nitrogen and oxygen atoms in total. The number of rotatable bonds is 2. The summed E-state index contributed by atoms with van der Waals surface area (Å²) in [4.78, 5) is 27.7. The Morgan fingerprint density at radius 2 is 1.65 bits per heavy atom. The number of nitrogens with zero attached hydrogens (tertiary/aromatic N) is 3. The summed E-state index contributed by atoms with van der Waals surface area (Å²) < 4.78 is 43.3. The fraction of sp³-hybridized carbons (Fsp3) is 0.353. The average molecular weight is 367 g/mol. The second kappa shape index (κ2) is 6.81. The number of piperazine rings is 1. The lowest BCUT2D eigenvalue weighted by atomic mass is 10.1. The summed E-state index contributed by atoms with van der Waals surface area (Å²) in [5, 5.41) is 3.66. The highest BCUT2D eigenvalue weighted by atomic mass is 19.4. The molecule has 1 aliphatic heterocycles. The molecule has 0 N–H and O–H groups in total. The fourth-order valence-electron chi connectivity index (χ4n) is 2.74. The number of hydrogen-bond acceptors (Lipinski definition) is 4. The molecule has 26 heavy (non-hydrogen) atoms. The van der Waals surface area contributed by atoms with E-state index in [4.69, 9.17) is 4.52 Å². The van der Waals surface area contributed by atoms with Gasteiger partial charge in [0, 0.05) is 37.8 Å². The van der Waals surface area contributed by atoms with Gasteiger partial charge in [-0.3, -0.25) is 9.59 Å². The van der Waals surface area contributed by atoms with Crippen molar-refractivity contribution in [2.24, 2.45) is 0 Å². The molecular weight excluding hydrogens is 351 g/mol. The van der Waals surface area contributed by atoms with Crippen molar-refractivity contribution in [1.29, 1.82) is 0 Å².